The lowest BCUT2D eigenvalue weighted by molar-refractivity contribution is -0.138. The molecule has 0 aromatic rings. The van der Waals surface area contributed by atoms with E-state index < -0.39 is 0 Å². The van der Waals surface area contributed by atoms with Gasteiger partial charge in [-0.25, -0.2) is 0 Å². The molecule has 0 aromatic heterocycles. The molecule has 2 aliphatic rings. The van der Waals surface area contributed by atoms with Crippen molar-refractivity contribution in [3.05, 3.63) is 0 Å². The predicted molar refractivity (Wildman–Crippen MR) is 75.8 cm³/mol. The van der Waals surface area contributed by atoms with E-state index in [1.807, 2.05) is 19.0 Å². The number of amides is 1. The Balaban J connectivity index is 1.96. The molecule has 1 saturated heterocycles. The molecule has 0 bridgehead atoms. The number of carbonyl (C=O) groups is 1. The van der Waals surface area contributed by atoms with Crippen molar-refractivity contribution in [1.82, 2.24) is 9.80 Å². The summed E-state index contributed by atoms with van der Waals surface area (Å²) in [6, 6.07) is 0.192. The van der Waals surface area contributed by atoms with E-state index in [0.717, 1.165) is 31.7 Å². The molecule has 1 N–H and O–H groups in total. The molecular weight excluding hydrogens is 240 g/mol. The zero-order valence-corrected chi connectivity index (χ0v) is 12.5. The first-order valence-corrected chi connectivity index (χ1v) is 7.60. The number of hydrogen-bond donors (Lipinski definition) is 1. The van der Waals surface area contributed by atoms with Gasteiger partial charge >= 0.3 is 0 Å². The van der Waals surface area contributed by atoms with Crippen molar-refractivity contribution in [2.75, 3.05) is 27.2 Å². The fourth-order valence-electron chi connectivity index (χ4n) is 3.50. The van der Waals surface area contributed by atoms with Crippen molar-refractivity contribution in [3.8, 4) is 0 Å². The van der Waals surface area contributed by atoms with Gasteiger partial charge in [-0.05, 0) is 52.1 Å². The number of likely N-dealkylation sites (tertiary alicyclic amines) is 1. The van der Waals surface area contributed by atoms with Crippen LogP contribution in [0.3, 0.4) is 0 Å². The van der Waals surface area contributed by atoms with Crippen LogP contribution in [-0.2, 0) is 4.79 Å². The molecule has 0 radical (unpaired) electrons. The summed E-state index contributed by atoms with van der Waals surface area (Å²) < 4.78 is 0. The zero-order valence-electron chi connectivity index (χ0n) is 12.5. The van der Waals surface area contributed by atoms with Crippen LogP contribution in [-0.4, -0.2) is 60.1 Å². The van der Waals surface area contributed by atoms with Crippen LogP contribution < -0.4 is 0 Å². The minimum atomic E-state index is -0.337. The first-order valence-electron chi connectivity index (χ1n) is 7.60. The molecule has 2 unspecified atom stereocenters. The number of aliphatic hydroxyl groups excluding tert-OH is 1. The second-order valence-electron chi connectivity index (χ2n) is 6.75. The highest BCUT2D eigenvalue weighted by molar-refractivity contribution is 5.79. The molecule has 4 nitrogen and oxygen atoms in total. The fraction of sp³-hybridized carbons (Fsp3) is 0.933. The monoisotopic (exact) mass is 268 g/mol. The molecule has 1 heterocycles. The smallest absolute Gasteiger partial charge is 0.226 e. The number of likely N-dealkylation sites (N-methyl/N-ethyl adjacent to an activating group) is 1. The molecule has 4 heteroatoms. The van der Waals surface area contributed by atoms with Crippen LogP contribution in [0.25, 0.3) is 0 Å². The number of carbonyl (C=O) groups excluding carboxylic acids is 1. The van der Waals surface area contributed by atoms with Gasteiger partial charge in [-0.2, -0.15) is 0 Å². The lowest BCUT2D eigenvalue weighted by atomic mass is 9.82. The van der Waals surface area contributed by atoms with Gasteiger partial charge in [-0.1, -0.05) is 6.92 Å². The summed E-state index contributed by atoms with van der Waals surface area (Å²) in [5.41, 5.74) is 0. The summed E-state index contributed by atoms with van der Waals surface area (Å²) in [6.45, 7) is 3.66. The highest BCUT2D eigenvalue weighted by Gasteiger charge is 2.38. The van der Waals surface area contributed by atoms with Crippen LogP contribution in [0.2, 0.25) is 0 Å². The molecule has 1 aliphatic heterocycles. The average Bonchev–Trinajstić information content (AvgIpc) is 2.69. The first kappa shape index (κ1) is 14.8. The second-order valence-corrected chi connectivity index (χ2v) is 6.75. The van der Waals surface area contributed by atoms with Gasteiger partial charge < -0.3 is 14.9 Å². The Kier molecular flexibility index (Phi) is 4.85. The molecule has 2 atom stereocenters. The molecule has 0 spiro atoms. The van der Waals surface area contributed by atoms with E-state index in [4.69, 9.17) is 0 Å². The molecule has 1 saturated carbocycles. The molecule has 0 aromatic carbocycles. The Labute approximate surface area is 116 Å². The average molecular weight is 268 g/mol. The highest BCUT2D eigenvalue weighted by atomic mass is 16.3. The van der Waals surface area contributed by atoms with Crippen LogP contribution in [0.1, 0.15) is 39.0 Å². The molecule has 19 heavy (non-hydrogen) atoms. The Morgan fingerprint density at radius 3 is 2.47 bits per heavy atom. The summed E-state index contributed by atoms with van der Waals surface area (Å²) in [4.78, 5) is 16.7. The largest absolute Gasteiger partial charge is 0.391 e. The van der Waals surface area contributed by atoms with E-state index in [1.54, 1.807) is 0 Å². The standard InChI is InChI=1S/C15H28N2O2/c1-11-4-6-12(7-5-11)15(19)17-10-14(18)8-13(17)9-16(2)3/h11-14,18H,4-10H2,1-3H3. The molecule has 1 aliphatic carbocycles. The molecule has 2 fully saturated rings. The number of β-amino-alcohol motifs (C(OH)–C–C–N with tert-alkyl or cyclic N) is 1. The minimum absolute atomic E-state index is 0.192. The Morgan fingerprint density at radius 2 is 1.89 bits per heavy atom. The zero-order chi connectivity index (χ0) is 14.0. The van der Waals surface area contributed by atoms with Crippen molar-refractivity contribution >= 4 is 5.91 Å². The summed E-state index contributed by atoms with van der Waals surface area (Å²) in [5.74, 6) is 1.26. The second kappa shape index (κ2) is 6.23. The van der Waals surface area contributed by atoms with Crippen LogP contribution in [0, 0.1) is 11.8 Å². The van der Waals surface area contributed by atoms with Crippen molar-refractivity contribution in [2.45, 2.75) is 51.2 Å². The number of rotatable bonds is 3. The topological polar surface area (TPSA) is 43.8 Å². The van der Waals surface area contributed by atoms with Gasteiger partial charge in [0.2, 0.25) is 5.91 Å². The Hall–Kier alpha value is -0.610. The quantitative estimate of drug-likeness (QED) is 0.840. The summed E-state index contributed by atoms with van der Waals surface area (Å²) in [6.07, 6.45) is 4.79. The van der Waals surface area contributed by atoms with Crippen molar-refractivity contribution in [2.24, 2.45) is 11.8 Å². The Morgan fingerprint density at radius 1 is 1.26 bits per heavy atom. The van der Waals surface area contributed by atoms with E-state index in [2.05, 4.69) is 11.8 Å². The maximum atomic E-state index is 12.6. The van der Waals surface area contributed by atoms with Gasteiger partial charge in [-0.3, -0.25) is 4.79 Å². The highest BCUT2D eigenvalue weighted by Crippen LogP contribution is 2.31. The summed E-state index contributed by atoms with van der Waals surface area (Å²) >= 11 is 0. The van der Waals surface area contributed by atoms with Crippen molar-refractivity contribution in [1.29, 1.82) is 0 Å². The van der Waals surface area contributed by atoms with Crippen LogP contribution in [0.4, 0.5) is 0 Å². The van der Waals surface area contributed by atoms with Crippen molar-refractivity contribution in [3.63, 3.8) is 0 Å². The minimum Gasteiger partial charge on any atom is -0.391 e. The maximum absolute atomic E-state index is 12.6. The van der Waals surface area contributed by atoms with Crippen LogP contribution in [0.5, 0.6) is 0 Å². The van der Waals surface area contributed by atoms with E-state index in [0.29, 0.717) is 6.54 Å². The number of hydrogen-bond acceptors (Lipinski definition) is 3. The van der Waals surface area contributed by atoms with E-state index in [9.17, 15) is 9.90 Å². The summed E-state index contributed by atoms with van der Waals surface area (Å²) in [5, 5.41) is 9.86. The van der Waals surface area contributed by atoms with Crippen molar-refractivity contribution < 1.29 is 9.90 Å². The normalized spacial score (nSPS) is 35.9. The van der Waals surface area contributed by atoms with Gasteiger partial charge in [0.1, 0.15) is 0 Å². The number of aliphatic hydroxyl groups is 1. The van der Waals surface area contributed by atoms with Gasteiger partial charge in [0.15, 0.2) is 0 Å². The molecule has 1 amide bonds. The van der Waals surface area contributed by atoms with Crippen LogP contribution >= 0.6 is 0 Å². The maximum Gasteiger partial charge on any atom is 0.226 e. The number of nitrogens with zero attached hydrogens (tertiary/aromatic N) is 2. The third-order valence-corrected chi connectivity index (χ3v) is 4.62. The summed E-state index contributed by atoms with van der Waals surface area (Å²) in [7, 11) is 4.05. The Bertz CT molecular complexity index is 311. The lowest BCUT2D eigenvalue weighted by Crippen LogP contribution is -2.44. The molecular formula is C15H28N2O2. The van der Waals surface area contributed by atoms with Gasteiger partial charge in [0, 0.05) is 25.0 Å². The fourth-order valence-corrected chi connectivity index (χ4v) is 3.50. The predicted octanol–water partition coefficient (Wildman–Crippen LogP) is 1.34. The SMILES string of the molecule is CC1CCC(C(=O)N2CC(O)CC2CN(C)C)CC1. The van der Waals surface area contributed by atoms with Gasteiger partial charge in [0.05, 0.1) is 6.10 Å². The molecule has 110 valence electrons. The first-order chi connectivity index (χ1) is 8.97. The lowest BCUT2D eigenvalue weighted by Gasteiger charge is -2.33. The van der Waals surface area contributed by atoms with Gasteiger partial charge in [-0.15, -0.1) is 0 Å². The van der Waals surface area contributed by atoms with E-state index >= 15 is 0 Å². The van der Waals surface area contributed by atoms with E-state index in [1.165, 1.54) is 12.8 Å². The van der Waals surface area contributed by atoms with Gasteiger partial charge in [0.25, 0.3) is 0 Å². The third kappa shape index (κ3) is 3.69. The third-order valence-electron chi connectivity index (χ3n) is 4.62. The van der Waals surface area contributed by atoms with Crippen LogP contribution in [0.15, 0.2) is 0 Å². The molecule has 2 rings (SSSR count). The van der Waals surface area contributed by atoms with E-state index in [-0.39, 0.29) is 24.0 Å².